The lowest BCUT2D eigenvalue weighted by atomic mass is 10.2. The summed E-state index contributed by atoms with van der Waals surface area (Å²) in [7, 11) is 0. The zero-order chi connectivity index (χ0) is 13.7. The topological polar surface area (TPSA) is 58.4 Å². The second-order valence-electron chi connectivity index (χ2n) is 5.16. The van der Waals surface area contributed by atoms with Gasteiger partial charge in [0.2, 0.25) is 0 Å². The van der Waals surface area contributed by atoms with E-state index in [1.807, 2.05) is 12.1 Å². The first kappa shape index (κ1) is 15.1. The molecule has 0 aliphatic rings. The van der Waals surface area contributed by atoms with Gasteiger partial charge in [-0.15, -0.1) is 11.3 Å². The highest BCUT2D eigenvalue weighted by atomic mass is 32.1. The molecule has 0 aliphatic carbocycles. The monoisotopic (exact) mass is 269 g/mol. The Morgan fingerprint density at radius 3 is 2.56 bits per heavy atom. The first-order chi connectivity index (χ1) is 8.43. The smallest absolute Gasteiger partial charge is 0.275 e. The highest BCUT2D eigenvalue weighted by Gasteiger charge is 2.14. The predicted octanol–water partition coefficient (Wildman–Crippen LogP) is 2.22. The van der Waals surface area contributed by atoms with Gasteiger partial charge in [-0.25, -0.2) is 5.84 Å². The van der Waals surface area contributed by atoms with Crippen molar-refractivity contribution < 1.29 is 4.79 Å². The molecule has 1 heterocycles. The van der Waals surface area contributed by atoms with Gasteiger partial charge in [-0.2, -0.15) is 0 Å². The number of nitrogens with zero attached hydrogens (tertiary/aromatic N) is 1. The maximum Gasteiger partial charge on any atom is 0.275 e. The summed E-state index contributed by atoms with van der Waals surface area (Å²) in [6.45, 7) is 10.8. The number of nitrogens with two attached hydrogens (primary N) is 1. The minimum Gasteiger partial charge on any atom is -0.296 e. The van der Waals surface area contributed by atoms with Crippen molar-refractivity contribution in [3.63, 3.8) is 0 Å². The molecule has 0 bridgehead atoms. The molecular formula is C13H23N3OS. The number of hydrogen-bond donors (Lipinski definition) is 2. The summed E-state index contributed by atoms with van der Waals surface area (Å²) >= 11 is 1.50. The minimum absolute atomic E-state index is 0.216. The third-order valence-corrected chi connectivity index (χ3v) is 3.77. The number of rotatable bonds is 6. The quantitative estimate of drug-likeness (QED) is 0.473. The van der Waals surface area contributed by atoms with E-state index in [4.69, 9.17) is 5.84 Å². The van der Waals surface area contributed by atoms with Crippen molar-refractivity contribution in [3.05, 3.63) is 21.9 Å². The number of nitrogens with one attached hydrogen (secondary N) is 1. The molecule has 3 N–H and O–H groups in total. The molecule has 0 unspecified atom stereocenters. The lowest BCUT2D eigenvalue weighted by molar-refractivity contribution is 0.0957. The van der Waals surface area contributed by atoms with Gasteiger partial charge in [0.1, 0.15) is 0 Å². The highest BCUT2D eigenvalue weighted by Crippen LogP contribution is 2.19. The van der Waals surface area contributed by atoms with Crippen molar-refractivity contribution in [3.8, 4) is 0 Å². The van der Waals surface area contributed by atoms with Crippen molar-refractivity contribution in [2.24, 2.45) is 11.8 Å². The van der Waals surface area contributed by atoms with E-state index in [0.717, 1.165) is 13.1 Å². The number of nitrogen functional groups attached to an aromatic ring is 1. The Labute approximate surface area is 113 Å². The Hall–Kier alpha value is -0.910. The van der Waals surface area contributed by atoms with Gasteiger partial charge >= 0.3 is 0 Å². The van der Waals surface area contributed by atoms with Crippen LogP contribution in [0.5, 0.6) is 0 Å². The molecule has 0 aliphatic heterocycles. The molecule has 0 saturated carbocycles. The lowest BCUT2D eigenvalue weighted by Crippen LogP contribution is -2.33. The number of hydrazine groups is 1. The average Bonchev–Trinajstić information content (AvgIpc) is 2.75. The highest BCUT2D eigenvalue weighted by molar-refractivity contribution is 7.14. The number of carbonyl (C=O) groups is 1. The van der Waals surface area contributed by atoms with Crippen LogP contribution in [0.15, 0.2) is 12.1 Å². The molecule has 5 heteroatoms. The van der Waals surface area contributed by atoms with Gasteiger partial charge in [0, 0.05) is 24.0 Å². The van der Waals surface area contributed by atoms with Gasteiger partial charge in [0.15, 0.2) is 0 Å². The van der Waals surface area contributed by atoms with Gasteiger partial charge in [-0.05, 0) is 31.9 Å². The second kappa shape index (κ2) is 6.87. The van der Waals surface area contributed by atoms with Crippen molar-refractivity contribution in [2.75, 3.05) is 6.54 Å². The summed E-state index contributed by atoms with van der Waals surface area (Å²) in [4.78, 5) is 15.7. The zero-order valence-corrected chi connectivity index (χ0v) is 12.4. The molecule has 0 radical (unpaired) electrons. The fraction of sp³-hybridized carbons (Fsp3) is 0.615. The molecule has 0 spiro atoms. The zero-order valence-electron chi connectivity index (χ0n) is 11.6. The van der Waals surface area contributed by atoms with Crippen LogP contribution in [0.2, 0.25) is 0 Å². The van der Waals surface area contributed by atoms with E-state index in [1.54, 1.807) is 0 Å². The molecular weight excluding hydrogens is 246 g/mol. The van der Waals surface area contributed by atoms with Crippen molar-refractivity contribution >= 4 is 17.2 Å². The van der Waals surface area contributed by atoms with Crippen LogP contribution in [0.25, 0.3) is 0 Å². The van der Waals surface area contributed by atoms with E-state index < -0.39 is 0 Å². The molecule has 102 valence electrons. The number of hydrogen-bond acceptors (Lipinski definition) is 4. The summed E-state index contributed by atoms with van der Waals surface area (Å²) in [5.41, 5.74) is 2.16. The van der Waals surface area contributed by atoms with Crippen LogP contribution in [-0.4, -0.2) is 23.4 Å². The van der Waals surface area contributed by atoms with Gasteiger partial charge in [0.25, 0.3) is 5.91 Å². The van der Waals surface area contributed by atoms with E-state index >= 15 is 0 Å². The first-order valence-electron chi connectivity index (χ1n) is 6.27. The average molecular weight is 269 g/mol. The maximum atomic E-state index is 11.4. The molecule has 1 aromatic rings. The Morgan fingerprint density at radius 1 is 1.39 bits per heavy atom. The first-order valence-corrected chi connectivity index (χ1v) is 7.09. The van der Waals surface area contributed by atoms with E-state index in [0.29, 0.717) is 16.8 Å². The number of thiophene rings is 1. The standard InChI is InChI=1S/C13H23N3OS/c1-9(2)7-16(10(3)4)8-11-5-6-12(18-11)13(17)15-14/h5-6,9-10H,7-8,14H2,1-4H3,(H,15,17). The fourth-order valence-corrected chi connectivity index (χ4v) is 2.72. The molecule has 1 amide bonds. The molecule has 0 saturated heterocycles. The SMILES string of the molecule is CC(C)CN(Cc1ccc(C(=O)NN)s1)C(C)C. The third-order valence-electron chi connectivity index (χ3n) is 2.71. The van der Waals surface area contributed by atoms with Crippen molar-refractivity contribution in [2.45, 2.75) is 40.3 Å². The van der Waals surface area contributed by atoms with Gasteiger partial charge in [-0.1, -0.05) is 13.8 Å². The molecule has 0 fully saturated rings. The van der Waals surface area contributed by atoms with Crippen LogP contribution >= 0.6 is 11.3 Å². The van der Waals surface area contributed by atoms with Crippen LogP contribution in [0.4, 0.5) is 0 Å². The van der Waals surface area contributed by atoms with Crippen LogP contribution in [-0.2, 0) is 6.54 Å². The van der Waals surface area contributed by atoms with E-state index in [2.05, 4.69) is 38.0 Å². The van der Waals surface area contributed by atoms with E-state index in [9.17, 15) is 4.79 Å². The minimum atomic E-state index is -0.216. The van der Waals surface area contributed by atoms with Crippen LogP contribution in [0.3, 0.4) is 0 Å². The molecule has 1 rings (SSSR count). The number of carbonyl (C=O) groups excluding carboxylic acids is 1. The largest absolute Gasteiger partial charge is 0.296 e. The Morgan fingerprint density at radius 2 is 2.06 bits per heavy atom. The summed E-state index contributed by atoms with van der Waals surface area (Å²) in [5.74, 6) is 5.55. The third kappa shape index (κ3) is 4.40. The Balaban J connectivity index is 2.69. The molecule has 4 nitrogen and oxygen atoms in total. The lowest BCUT2D eigenvalue weighted by Gasteiger charge is -2.27. The maximum absolute atomic E-state index is 11.4. The van der Waals surface area contributed by atoms with Crippen molar-refractivity contribution in [1.82, 2.24) is 10.3 Å². The summed E-state index contributed by atoms with van der Waals surface area (Å²) in [6, 6.07) is 4.34. The van der Waals surface area contributed by atoms with Crippen molar-refractivity contribution in [1.29, 1.82) is 0 Å². The number of amides is 1. The molecule has 1 aromatic heterocycles. The van der Waals surface area contributed by atoms with Gasteiger partial charge < -0.3 is 0 Å². The fourth-order valence-electron chi connectivity index (χ4n) is 1.78. The van der Waals surface area contributed by atoms with Crippen LogP contribution < -0.4 is 11.3 Å². The van der Waals surface area contributed by atoms with Gasteiger partial charge in [-0.3, -0.25) is 15.1 Å². The van der Waals surface area contributed by atoms with E-state index in [1.165, 1.54) is 16.2 Å². The van der Waals surface area contributed by atoms with Crippen LogP contribution in [0.1, 0.15) is 42.2 Å². The normalized spacial score (nSPS) is 11.6. The molecule has 18 heavy (non-hydrogen) atoms. The van der Waals surface area contributed by atoms with Gasteiger partial charge in [0.05, 0.1) is 4.88 Å². The van der Waals surface area contributed by atoms with Crippen LogP contribution in [0, 0.1) is 5.92 Å². The summed E-state index contributed by atoms with van der Waals surface area (Å²) < 4.78 is 0. The second-order valence-corrected chi connectivity index (χ2v) is 6.32. The predicted molar refractivity (Wildman–Crippen MR) is 76.4 cm³/mol. The Bertz CT molecular complexity index is 387. The molecule has 0 aromatic carbocycles. The molecule has 0 atom stereocenters. The van der Waals surface area contributed by atoms with E-state index in [-0.39, 0.29) is 5.91 Å². The Kier molecular flexibility index (Phi) is 5.78. The summed E-state index contributed by atoms with van der Waals surface area (Å²) in [5, 5.41) is 0. The summed E-state index contributed by atoms with van der Waals surface area (Å²) in [6.07, 6.45) is 0.